The highest BCUT2D eigenvalue weighted by Gasteiger charge is 2.11. The Kier molecular flexibility index (Phi) is 7.61. The maximum absolute atomic E-state index is 11.1. The quantitative estimate of drug-likeness (QED) is 0.644. The van der Waals surface area contributed by atoms with E-state index in [0.29, 0.717) is 24.4 Å². The molecule has 0 unspecified atom stereocenters. The largest absolute Gasteiger partial charge is 0.314 e. The first-order valence-corrected chi connectivity index (χ1v) is 5.88. The monoisotopic (exact) mass is 214 g/mol. The summed E-state index contributed by atoms with van der Waals surface area (Å²) in [6.45, 7) is 12.0. The molecule has 0 heterocycles. The van der Waals surface area contributed by atoms with E-state index in [1.54, 1.807) is 6.92 Å². The van der Waals surface area contributed by atoms with Crippen molar-refractivity contribution in [2.75, 3.05) is 13.1 Å². The van der Waals surface area contributed by atoms with Crippen LogP contribution in [0.5, 0.6) is 0 Å². The Bertz CT molecular complexity index is 166. The van der Waals surface area contributed by atoms with Gasteiger partial charge in [0.2, 0.25) is 0 Å². The first kappa shape index (κ1) is 14.6. The first-order chi connectivity index (χ1) is 6.91. The summed E-state index contributed by atoms with van der Waals surface area (Å²) in [5, 5.41) is 6.76. The molecule has 0 radical (unpaired) electrons. The number of carbonyl (C=O) groups is 1. The van der Waals surface area contributed by atoms with Crippen LogP contribution in [0.4, 0.5) is 0 Å². The van der Waals surface area contributed by atoms with Crippen LogP contribution in [-0.2, 0) is 4.79 Å². The summed E-state index contributed by atoms with van der Waals surface area (Å²) in [4.78, 5) is 11.1. The van der Waals surface area contributed by atoms with Gasteiger partial charge in [0.15, 0.2) is 0 Å². The molecule has 0 amide bonds. The third kappa shape index (κ3) is 9.88. The van der Waals surface area contributed by atoms with Gasteiger partial charge in [-0.1, -0.05) is 27.7 Å². The van der Waals surface area contributed by atoms with Crippen LogP contribution in [-0.4, -0.2) is 31.0 Å². The first-order valence-electron chi connectivity index (χ1n) is 5.88. The molecule has 0 aromatic carbocycles. The predicted molar refractivity (Wildman–Crippen MR) is 65.1 cm³/mol. The van der Waals surface area contributed by atoms with E-state index in [1.807, 2.05) is 0 Å². The van der Waals surface area contributed by atoms with Crippen LogP contribution in [0.2, 0.25) is 0 Å². The predicted octanol–water partition coefficient (Wildman–Crippen LogP) is 1.58. The van der Waals surface area contributed by atoms with Crippen LogP contribution in [0, 0.1) is 5.92 Å². The minimum Gasteiger partial charge on any atom is -0.314 e. The third-order valence-corrected chi connectivity index (χ3v) is 2.21. The Morgan fingerprint density at radius 1 is 1.00 bits per heavy atom. The fourth-order valence-corrected chi connectivity index (χ4v) is 1.43. The van der Waals surface area contributed by atoms with Crippen molar-refractivity contribution in [3.05, 3.63) is 0 Å². The number of hydrogen-bond donors (Lipinski definition) is 2. The van der Waals surface area contributed by atoms with Gasteiger partial charge in [-0.15, -0.1) is 0 Å². The van der Waals surface area contributed by atoms with Crippen LogP contribution < -0.4 is 10.6 Å². The summed E-state index contributed by atoms with van der Waals surface area (Å²) in [6.07, 6.45) is 0.666. The van der Waals surface area contributed by atoms with Gasteiger partial charge in [0.05, 0.1) is 0 Å². The molecule has 0 atom stereocenters. The SMILES string of the molecule is CC(=O)CC(CNC(C)C)CNC(C)C. The highest BCUT2D eigenvalue weighted by molar-refractivity contribution is 5.75. The molecular formula is C12H26N2O. The molecule has 0 rings (SSSR count). The molecule has 3 heteroatoms. The lowest BCUT2D eigenvalue weighted by atomic mass is 10.0. The Labute approximate surface area is 94.0 Å². The average Bonchev–Trinajstić information content (AvgIpc) is 2.08. The molecule has 0 aromatic rings. The van der Waals surface area contributed by atoms with Crippen molar-refractivity contribution in [1.82, 2.24) is 10.6 Å². The van der Waals surface area contributed by atoms with E-state index in [1.165, 1.54) is 0 Å². The molecule has 0 aliphatic carbocycles. The summed E-state index contributed by atoms with van der Waals surface area (Å²) >= 11 is 0. The van der Waals surface area contributed by atoms with Crippen LogP contribution in [0.1, 0.15) is 41.0 Å². The van der Waals surface area contributed by atoms with Crippen molar-refractivity contribution >= 4 is 5.78 Å². The zero-order valence-corrected chi connectivity index (χ0v) is 10.8. The molecule has 15 heavy (non-hydrogen) atoms. The van der Waals surface area contributed by atoms with Gasteiger partial charge in [0, 0.05) is 18.5 Å². The molecule has 0 fully saturated rings. The Balaban J connectivity index is 3.89. The Morgan fingerprint density at radius 3 is 1.67 bits per heavy atom. The van der Waals surface area contributed by atoms with E-state index in [9.17, 15) is 4.79 Å². The maximum atomic E-state index is 11.1. The van der Waals surface area contributed by atoms with Crippen LogP contribution in [0.3, 0.4) is 0 Å². The fraction of sp³-hybridized carbons (Fsp3) is 0.917. The van der Waals surface area contributed by atoms with Gasteiger partial charge in [0.1, 0.15) is 5.78 Å². The number of rotatable bonds is 8. The van der Waals surface area contributed by atoms with Gasteiger partial charge in [0.25, 0.3) is 0 Å². The third-order valence-electron chi connectivity index (χ3n) is 2.21. The minimum absolute atomic E-state index is 0.274. The number of nitrogens with one attached hydrogen (secondary N) is 2. The number of Topliss-reactive ketones (excluding diaryl/α,β-unsaturated/α-hetero) is 1. The van der Waals surface area contributed by atoms with E-state index in [-0.39, 0.29) is 5.78 Å². The van der Waals surface area contributed by atoms with Crippen LogP contribution in [0.25, 0.3) is 0 Å². The minimum atomic E-state index is 0.274. The summed E-state index contributed by atoms with van der Waals surface area (Å²) in [7, 11) is 0. The molecule has 0 bridgehead atoms. The second-order valence-electron chi connectivity index (χ2n) is 4.90. The van der Waals surface area contributed by atoms with E-state index in [0.717, 1.165) is 13.1 Å². The smallest absolute Gasteiger partial charge is 0.130 e. The molecular weight excluding hydrogens is 188 g/mol. The van der Waals surface area contributed by atoms with E-state index >= 15 is 0 Å². The molecule has 90 valence electrons. The zero-order chi connectivity index (χ0) is 11.8. The normalized spacial score (nSPS) is 11.7. The fourth-order valence-electron chi connectivity index (χ4n) is 1.43. The lowest BCUT2D eigenvalue weighted by molar-refractivity contribution is -0.117. The van der Waals surface area contributed by atoms with Crippen molar-refractivity contribution in [3.63, 3.8) is 0 Å². The van der Waals surface area contributed by atoms with Gasteiger partial charge in [-0.3, -0.25) is 0 Å². The summed E-state index contributed by atoms with van der Waals surface area (Å²) in [5.41, 5.74) is 0. The topological polar surface area (TPSA) is 41.1 Å². The summed E-state index contributed by atoms with van der Waals surface area (Å²) in [5.74, 6) is 0.684. The second-order valence-corrected chi connectivity index (χ2v) is 4.90. The molecule has 0 aliphatic rings. The molecule has 0 aromatic heterocycles. The van der Waals surface area contributed by atoms with E-state index in [2.05, 4.69) is 38.3 Å². The maximum Gasteiger partial charge on any atom is 0.130 e. The van der Waals surface area contributed by atoms with Gasteiger partial charge in [-0.05, 0) is 25.9 Å². The van der Waals surface area contributed by atoms with E-state index in [4.69, 9.17) is 0 Å². The van der Waals surface area contributed by atoms with Crippen molar-refractivity contribution in [2.24, 2.45) is 5.92 Å². The highest BCUT2D eigenvalue weighted by Crippen LogP contribution is 2.02. The van der Waals surface area contributed by atoms with Crippen LogP contribution >= 0.6 is 0 Å². The zero-order valence-electron chi connectivity index (χ0n) is 10.8. The standard InChI is InChI=1S/C12H26N2O/c1-9(2)13-7-12(6-11(5)15)8-14-10(3)4/h9-10,12-14H,6-8H2,1-5H3. The molecule has 0 spiro atoms. The molecule has 0 saturated heterocycles. The lowest BCUT2D eigenvalue weighted by Crippen LogP contribution is -2.37. The van der Waals surface area contributed by atoms with Crippen molar-refractivity contribution in [2.45, 2.75) is 53.1 Å². The molecule has 3 nitrogen and oxygen atoms in total. The van der Waals surface area contributed by atoms with Gasteiger partial charge in [-0.25, -0.2) is 0 Å². The van der Waals surface area contributed by atoms with Gasteiger partial charge in [-0.2, -0.15) is 0 Å². The van der Waals surface area contributed by atoms with Crippen molar-refractivity contribution in [1.29, 1.82) is 0 Å². The second kappa shape index (κ2) is 7.83. The summed E-state index contributed by atoms with van der Waals surface area (Å²) in [6, 6.07) is 0.969. The van der Waals surface area contributed by atoms with Crippen molar-refractivity contribution < 1.29 is 4.79 Å². The molecule has 0 aliphatic heterocycles. The average molecular weight is 214 g/mol. The Hall–Kier alpha value is -0.410. The van der Waals surface area contributed by atoms with E-state index < -0.39 is 0 Å². The van der Waals surface area contributed by atoms with Crippen molar-refractivity contribution in [3.8, 4) is 0 Å². The van der Waals surface area contributed by atoms with Crippen LogP contribution in [0.15, 0.2) is 0 Å². The summed E-state index contributed by atoms with van der Waals surface area (Å²) < 4.78 is 0. The number of ketones is 1. The highest BCUT2D eigenvalue weighted by atomic mass is 16.1. The number of carbonyl (C=O) groups excluding carboxylic acids is 1. The Morgan fingerprint density at radius 2 is 1.40 bits per heavy atom. The van der Waals surface area contributed by atoms with Gasteiger partial charge < -0.3 is 15.4 Å². The molecule has 2 N–H and O–H groups in total. The molecule has 0 saturated carbocycles. The number of hydrogen-bond acceptors (Lipinski definition) is 3. The lowest BCUT2D eigenvalue weighted by Gasteiger charge is -2.20. The van der Waals surface area contributed by atoms with Gasteiger partial charge >= 0.3 is 0 Å².